The lowest BCUT2D eigenvalue weighted by molar-refractivity contribution is 0.686. The monoisotopic (exact) mass is 191 g/mol. The molecule has 1 fully saturated rings. The van der Waals surface area contributed by atoms with Crippen molar-refractivity contribution in [3.8, 4) is 0 Å². The van der Waals surface area contributed by atoms with Gasteiger partial charge in [-0.3, -0.25) is 0 Å². The second kappa shape index (κ2) is 3.65. The second-order valence-electron chi connectivity index (χ2n) is 4.26. The van der Waals surface area contributed by atoms with Crippen LogP contribution >= 0.6 is 0 Å². The molecule has 0 aliphatic heterocycles. The van der Waals surface area contributed by atoms with E-state index in [0.29, 0.717) is 0 Å². The fourth-order valence-corrected chi connectivity index (χ4v) is 1.44. The standard InChI is InChI=1S/C11H17N3/c1-3-12-6-9-7-13-10(14-8-9)11(2)4-5-11/h7-8,12H,3-6H2,1-2H3. The summed E-state index contributed by atoms with van der Waals surface area (Å²) >= 11 is 0. The van der Waals surface area contributed by atoms with E-state index < -0.39 is 0 Å². The summed E-state index contributed by atoms with van der Waals surface area (Å²) < 4.78 is 0. The molecule has 0 atom stereocenters. The molecule has 0 spiro atoms. The lowest BCUT2D eigenvalue weighted by Crippen LogP contribution is -2.13. The van der Waals surface area contributed by atoms with Crippen LogP contribution in [0.2, 0.25) is 0 Å². The van der Waals surface area contributed by atoms with Gasteiger partial charge >= 0.3 is 0 Å². The number of nitrogens with zero attached hydrogens (tertiary/aromatic N) is 2. The van der Waals surface area contributed by atoms with E-state index in [1.165, 1.54) is 18.4 Å². The molecule has 0 aromatic carbocycles. The van der Waals surface area contributed by atoms with Crippen LogP contribution in [0.1, 0.15) is 38.1 Å². The zero-order chi connectivity index (χ0) is 10.0. The Labute approximate surface area is 85.0 Å². The van der Waals surface area contributed by atoms with Crippen LogP contribution in [0, 0.1) is 0 Å². The number of rotatable bonds is 4. The average Bonchev–Trinajstić information content (AvgIpc) is 2.96. The van der Waals surface area contributed by atoms with Gasteiger partial charge in [0.2, 0.25) is 0 Å². The molecular weight excluding hydrogens is 174 g/mol. The molecule has 1 aromatic heterocycles. The summed E-state index contributed by atoms with van der Waals surface area (Å²) in [7, 11) is 0. The Hall–Kier alpha value is -0.960. The van der Waals surface area contributed by atoms with Crippen molar-refractivity contribution < 1.29 is 0 Å². The van der Waals surface area contributed by atoms with E-state index in [1.54, 1.807) is 0 Å². The molecule has 1 aliphatic carbocycles. The van der Waals surface area contributed by atoms with Gasteiger partial charge in [0, 0.05) is 29.9 Å². The highest BCUT2D eigenvalue weighted by atomic mass is 14.9. The van der Waals surface area contributed by atoms with Crippen LogP contribution < -0.4 is 5.32 Å². The summed E-state index contributed by atoms with van der Waals surface area (Å²) in [5, 5.41) is 3.26. The van der Waals surface area contributed by atoms with Crippen LogP contribution in [0.4, 0.5) is 0 Å². The largest absolute Gasteiger partial charge is 0.313 e. The van der Waals surface area contributed by atoms with Gasteiger partial charge in [0.15, 0.2) is 0 Å². The van der Waals surface area contributed by atoms with Gasteiger partial charge in [-0.15, -0.1) is 0 Å². The molecule has 2 rings (SSSR count). The second-order valence-corrected chi connectivity index (χ2v) is 4.26. The Balaban J connectivity index is 2.03. The summed E-state index contributed by atoms with van der Waals surface area (Å²) in [6.45, 7) is 6.18. The zero-order valence-electron chi connectivity index (χ0n) is 8.88. The van der Waals surface area contributed by atoms with E-state index in [0.717, 1.165) is 18.9 Å². The first-order valence-corrected chi connectivity index (χ1v) is 5.27. The molecule has 1 saturated carbocycles. The Kier molecular flexibility index (Phi) is 2.50. The third-order valence-corrected chi connectivity index (χ3v) is 2.82. The first kappa shape index (κ1) is 9.59. The molecule has 3 nitrogen and oxygen atoms in total. The van der Waals surface area contributed by atoms with E-state index in [2.05, 4.69) is 29.1 Å². The van der Waals surface area contributed by atoms with Gasteiger partial charge < -0.3 is 5.32 Å². The van der Waals surface area contributed by atoms with E-state index in [1.807, 2.05) is 12.4 Å². The fourth-order valence-electron chi connectivity index (χ4n) is 1.44. The maximum atomic E-state index is 4.41. The Morgan fingerprint density at radius 3 is 2.50 bits per heavy atom. The van der Waals surface area contributed by atoms with Gasteiger partial charge in [0.1, 0.15) is 5.82 Å². The molecule has 1 N–H and O–H groups in total. The number of hydrogen-bond acceptors (Lipinski definition) is 3. The molecular formula is C11H17N3. The zero-order valence-corrected chi connectivity index (χ0v) is 8.88. The predicted molar refractivity (Wildman–Crippen MR) is 56.0 cm³/mol. The van der Waals surface area contributed by atoms with Crippen LogP contribution in [-0.4, -0.2) is 16.5 Å². The molecule has 0 amide bonds. The minimum Gasteiger partial charge on any atom is -0.313 e. The molecule has 1 aliphatic rings. The van der Waals surface area contributed by atoms with Gasteiger partial charge in [-0.2, -0.15) is 0 Å². The third kappa shape index (κ3) is 1.93. The van der Waals surface area contributed by atoms with Crippen molar-refractivity contribution in [3.63, 3.8) is 0 Å². The Morgan fingerprint density at radius 2 is 2.00 bits per heavy atom. The average molecular weight is 191 g/mol. The van der Waals surface area contributed by atoms with Gasteiger partial charge in [0.05, 0.1) is 0 Å². The molecule has 1 heterocycles. The predicted octanol–water partition coefficient (Wildman–Crippen LogP) is 1.64. The molecule has 0 unspecified atom stereocenters. The van der Waals surface area contributed by atoms with Crippen molar-refractivity contribution in [2.75, 3.05) is 6.54 Å². The molecule has 76 valence electrons. The fraction of sp³-hybridized carbons (Fsp3) is 0.636. The Bertz CT molecular complexity index is 301. The van der Waals surface area contributed by atoms with Crippen LogP contribution in [0.5, 0.6) is 0 Å². The van der Waals surface area contributed by atoms with Crippen molar-refractivity contribution in [2.45, 2.75) is 38.6 Å². The molecule has 0 bridgehead atoms. The van der Waals surface area contributed by atoms with Crippen molar-refractivity contribution in [1.82, 2.24) is 15.3 Å². The Morgan fingerprint density at radius 1 is 1.36 bits per heavy atom. The highest BCUT2D eigenvalue weighted by Crippen LogP contribution is 2.45. The van der Waals surface area contributed by atoms with Crippen LogP contribution in [-0.2, 0) is 12.0 Å². The molecule has 3 heteroatoms. The highest BCUT2D eigenvalue weighted by Gasteiger charge is 2.41. The number of hydrogen-bond donors (Lipinski definition) is 1. The van der Waals surface area contributed by atoms with Gasteiger partial charge in [-0.1, -0.05) is 13.8 Å². The maximum absolute atomic E-state index is 4.41. The topological polar surface area (TPSA) is 37.8 Å². The summed E-state index contributed by atoms with van der Waals surface area (Å²) in [5.41, 5.74) is 1.45. The minimum absolute atomic E-state index is 0.288. The quantitative estimate of drug-likeness (QED) is 0.786. The lowest BCUT2D eigenvalue weighted by Gasteiger charge is -2.07. The number of aromatic nitrogens is 2. The smallest absolute Gasteiger partial charge is 0.134 e. The molecule has 14 heavy (non-hydrogen) atoms. The SMILES string of the molecule is CCNCc1cnc(C2(C)CC2)nc1. The van der Waals surface area contributed by atoms with Crippen molar-refractivity contribution in [3.05, 3.63) is 23.8 Å². The van der Waals surface area contributed by atoms with E-state index in [-0.39, 0.29) is 5.41 Å². The highest BCUT2D eigenvalue weighted by molar-refractivity contribution is 5.17. The third-order valence-electron chi connectivity index (χ3n) is 2.82. The van der Waals surface area contributed by atoms with Crippen LogP contribution in [0.3, 0.4) is 0 Å². The summed E-state index contributed by atoms with van der Waals surface area (Å²) in [6.07, 6.45) is 6.35. The van der Waals surface area contributed by atoms with Crippen LogP contribution in [0.25, 0.3) is 0 Å². The van der Waals surface area contributed by atoms with Crippen molar-refractivity contribution in [2.24, 2.45) is 0 Å². The van der Waals surface area contributed by atoms with E-state index >= 15 is 0 Å². The first-order chi connectivity index (χ1) is 6.74. The lowest BCUT2D eigenvalue weighted by atomic mass is 10.1. The maximum Gasteiger partial charge on any atom is 0.134 e. The van der Waals surface area contributed by atoms with Gasteiger partial charge in [0.25, 0.3) is 0 Å². The molecule has 1 aromatic rings. The van der Waals surface area contributed by atoms with Crippen molar-refractivity contribution in [1.29, 1.82) is 0 Å². The number of nitrogens with one attached hydrogen (secondary N) is 1. The van der Waals surface area contributed by atoms with Gasteiger partial charge in [-0.25, -0.2) is 9.97 Å². The summed E-state index contributed by atoms with van der Waals surface area (Å²) in [5.74, 6) is 1.01. The minimum atomic E-state index is 0.288. The summed E-state index contributed by atoms with van der Waals surface area (Å²) in [6, 6.07) is 0. The molecule has 0 radical (unpaired) electrons. The normalized spacial score (nSPS) is 18.1. The first-order valence-electron chi connectivity index (χ1n) is 5.27. The summed E-state index contributed by atoms with van der Waals surface area (Å²) in [4.78, 5) is 8.83. The van der Waals surface area contributed by atoms with E-state index in [9.17, 15) is 0 Å². The van der Waals surface area contributed by atoms with E-state index in [4.69, 9.17) is 0 Å². The molecule has 0 saturated heterocycles. The van der Waals surface area contributed by atoms with Crippen molar-refractivity contribution >= 4 is 0 Å². The van der Waals surface area contributed by atoms with Gasteiger partial charge in [-0.05, 0) is 19.4 Å². The van der Waals surface area contributed by atoms with Crippen LogP contribution in [0.15, 0.2) is 12.4 Å².